The highest BCUT2D eigenvalue weighted by Gasteiger charge is 2.11. The molecule has 0 aliphatic heterocycles. The maximum Gasteiger partial charge on any atom is 0.311 e. The van der Waals surface area contributed by atoms with Gasteiger partial charge in [0, 0.05) is 25.6 Å². The van der Waals surface area contributed by atoms with Crippen LogP contribution in [0.1, 0.15) is 19.0 Å². The second-order valence-electron chi connectivity index (χ2n) is 4.76. The first kappa shape index (κ1) is 18.5. The van der Waals surface area contributed by atoms with Gasteiger partial charge in [0.05, 0.1) is 25.3 Å². The van der Waals surface area contributed by atoms with Crippen LogP contribution in [0.3, 0.4) is 0 Å². The zero-order valence-electron chi connectivity index (χ0n) is 13.3. The number of ether oxygens (including phenoxy) is 2. The fourth-order valence-corrected chi connectivity index (χ4v) is 2.49. The standard InChI is InChI=1S/C14H23N3O4S/c1-4-21-13(19)8-11-10-22-14(15-11)16-12(18)9-17(2)6-5-7-20-3/h10H,4-9H2,1-3H3,(H,15,16,18). The number of rotatable bonds is 10. The lowest BCUT2D eigenvalue weighted by atomic mass is 10.3. The van der Waals surface area contributed by atoms with E-state index in [-0.39, 0.29) is 24.8 Å². The molecule has 0 saturated carbocycles. The number of thiazole rings is 1. The summed E-state index contributed by atoms with van der Waals surface area (Å²) in [6.45, 7) is 3.86. The van der Waals surface area contributed by atoms with Gasteiger partial charge in [0.15, 0.2) is 5.13 Å². The van der Waals surface area contributed by atoms with Crippen LogP contribution in [0.5, 0.6) is 0 Å². The van der Waals surface area contributed by atoms with Crippen LogP contribution in [0.2, 0.25) is 0 Å². The summed E-state index contributed by atoms with van der Waals surface area (Å²) in [5.74, 6) is -0.444. The topological polar surface area (TPSA) is 80.8 Å². The second kappa shape index (κ2) is 10.3. The average molecular weight is 329 g/mol. The van der Waals surface area contributed by atoms with Crippen LogP contribution in [0.25, 0.3) is 0 Å². The van der Waals surface area contributed by atoms with Crippen LogP contribution in [-0.2, 0) is 25.5 Å². The minimum absolute atomic E-state index is 0.122. The van der Waals surface area contributed by atoms with Crippen LogP contribution in [0, 0.1) is 0 Å². The number of likely N-dealkylation sites (N-methyl/N-ethyl adjacent to an activating group) is 1. The van der Waals surface area contributed by atoms with Gasteiger partial charge < -0.3 is 14.8 Å². The Morgan fingerprint density at radius 1 is 1.45 bits per heavy atom. The summed E-state index contributed by atoms with van der Waals surface area (Å²) in [4.78, 5) is 29.4. The first-order valence-electron chi connectivity index (χ1n) is 7.12. The molecule has 0 spiro atoms. The largest absolute Gasteiger partial charge is 0.466 e. The summed E-state index contributed by atoms with van der Waals surface area (Å²) >= 11 is 1.30. The monoisotopic (exact) mass is 329 g/mol. The Bertz CT molecular complexity index is 478. The number of methoxy groups -OCH3 is 1. The van der Waals surface area contributed by atoms with Crippen molar-refractivity contribution in [3.05, 3.63) is 11.1 Å². The Balaban J connectivity index is 2.35. The number of amides is 1. The smallest absolute Gasteiger partial charge is 0.311 e. The molecular weight excluding hydrogens is 306 g/mol. The molecule has 0 saturated heterocycles. The van der Waals surface area contributed by atoms with Gasteiger partial charge in [0.1, 0.15) is 0 Å². The molecule has 1 aromatic heterocycles. The zero-order chi connectivity index (χ0) is 16.4. The van der Waals surface area contributed by atoms with Crippen molar-refractivity contribution in [1.82, 2.24) is 9.88 Å². The molecule has 0 fully saturated rings. The number of anilines is 1. The first-order chi connectivity index (χ1) is 10.5. The lowest BCUT2D eigenvalue weighted by molar-refractivity contribution is -0.142. The van der Waals surface area contributed by atoms with Crippen molar-refractivity contribution in [2.24, 2.45) is 0 Å². The molecule has 1 N–H and O–H groups in total. The van der Waals surface area contributed by atoms with Crippen molar-refractivity contribution in [1.29, 1.82) is 0 Å². The number of hydrogen-bond acceptors (Lipinski definition) is 7. The summed E-state index contributed by atoms with van der Waals surface area (Å²) in [7, 11) is 3.53. The lowest BCUT2D eigenvalue weighted by Gasteiger charge is -2.15. The van der Waals surface area contributed by atoms with E-state index in [1.165, 1.54) is 11.3 Å². The molecule has 124 valence electrons. The fourth-order valence-electron chi connectivity index (χ4n) is 1.77. The van der Waals surface area contributed by atoms with E-state index in [1.807, 2.05) is 11.9 Å². The molecule has 0 aliphatic carbocycles. The summed E-state index contributed by atoms with van der Waals surface area (Å²) in [5.41, 5.74) is 0.604. The van der Waals surface area contributed by atoms with E-state index in [0.29, 0.717) is 24.0 Å². The Morgan fingerprint density at radius 2 is 2.23 bits per heavy atom. The van der Waals surface area contributed by atoms with Crippen molar-refractivity contribution < 1.29 is 19.1 Å². The first-order valence-corrected chi connectivity index (χ1v) is 8.00. The van der Waals surface area contributed by atoms with Gasteiger partial charge in [-0.05, 0) is 20.4 Å². The van der Waals surface area contributed by atoms with Gasteiger partial charge >= 0.3 is 5.97 Å². The van der Waals surface area contributed by atoms with Crippen molar-refractivity contribution in [2.75, 3.05) is 45.8 Å². The Hall–Kier alpha value is -1.51. The third-order valence-electron chi connectivity index (χ3n) is 2.73. The summed E-state index contributed by atoms with van der Waals surface area (Å²) < 4.78 is 9.83. The SMILES string of the molecule is CCOC(=O)Cc1csc(NC(=O)CN(C)CCCOC)n1. The van der Waals surface area contributed by atoms with E-state index in [4.69, 9.17) is 9.47 Å². The molecule has 0 atom stereocenters. The minimum atomic E-state index is -0.316. The molecular formula is C14H23N3O4S. The molecule has 1 amide bonds. The van der Waals surface area contributed by atoms with Gasteiger partial charge in [-0.15, -0.1) is 11.3 Å². The van der Waals surface area contributed by atoms with Crippen LogP contribution < -0.4 is 5.32 Å². The van der Waals surface area contributed by atoms with E-state index in [2.05, 4.69) is 10.3 Å². The predicted molar refractivity (Wildman–Crippen MR) is 85.1 cm³/mol. The highest BCUT2D eigenvalue weighted by atomic mass is 32.1. The van der Waals surface area contributed by atoms with Gasteiger partial charge in [0.25, 0.3) is 0 Å². The van der Waals surface area contributed by atoms with Crippen molar-refractivity contribution >= 4 is 28.3 Å². The van der Waals surface area contributed by atoms with E-state index in [0.717, 1.165) is 13.0 Å². The molecule has 22 heavy (non-hydrogen) atoms. The summed E-state index contributed by atoms with van der Waals surface area (Å²) in [5, 5.41) is 4.97. The van der Waals surface area contributed by atoms with Gasteiger partial charge in [0.2, 0.25) is 5.91 Å². The lowest BCUT2D eigenvalue weighted by Crippen LogP contribution is -2.31. The van der Waals surface area contributed by atoms with Gasteiger partial charge in [-0.1, -0.05) is 0 Å². The second-order valence-corrected chi connectivity index (χ2v) is 5.62. The molecule has 8 heteroatoms. The Labute approximate surface area is 134 Å². The van der Waals surface area contributed by atoms with Crippen LogP contribution in [0.15, 0.2) is 5.38 Å². The molecule has 1 heterocycles. The van der Waals surface area contributed by atoms with Crippen LogP contribution in [0.4, 0.5) is 5.13 Å². The van der Waals surface area contributed by atoms with Crippen molar-refractivity contribution in [3.8, 4) is 0 Å². The van der Waals surface area contributed by atoms with Gasteiger partial charge in [-0.25, -0.2) is 4.98 Å². The molecule has 1 aromatic rings. The molecule has 7 nitrogen and oxygen atoms in total. The van der Waals surface area contributed by atoms with E-state index >= 15 is 0 Å². The van der Waals surface area contributed by atoms with Crippen molar-refractivity contribution in [3.63, 3.8) is 0 Å². The fraction of sp³-hybridized carbons (Fsp3) is 0.643. The van der Waals surface area contributed by atoms with Crippen LogP contribution in [-0.4, -0.2) is 62.2 Å². The number of nitrogens with one attached hydrogen (secondary N) is 1. The van der Waals surface area contributed by atoms with E-state index in [9.17, 15) is 9.59 Å². The third-order valence-corrected chi connectivity index (χ3v) is 3.54. The summed E-state index contributed by atoms with van der Waals surface area (Å²) in [6, 6.07) is 0. The molecule has 0 unspecified atom stereocenters. The normalized spacial score (nSPS) is 10.7. The third kappa shape index (κ3) is 7.48. The number of carbonyl (C=O) groups is 2. The quantitative estimate of drug-likeness (QED) is 0.512. The van der Waals surface area contributed by atoms with E-state index in [1.54, 1.807) is 19.4 Å². The molecule has 0 radical (unpaired) electrons. The molecule has 1 rings (SSSR count). The molecule has 0 aromatic carbocycles. The molecule has 0 aliphatic rings. The molecule has 0 bridgehead atoms. The summed E-state index contributed by atoms with van der Waals surface area (Å²) in [6.07, 6.45) is 0.998. The zero-order valence-corrected chi connectivity index (χ0v) is 14.1. The number of nitrogens with zero attached hydrogens (tertiary/aromatic N) is 2. The Morgan fingerprint density at radius 3 is 2.91 bits per heavy atom. The maximum absolute atomic E-state index is 11.9. The maximum atomic E-state index is 11.9. The van der Waals surface area contributed by atoms with Gasteiger partial charge in [-0.2, -0.15) is 0 Å². The highest BCUT2D eigenvalue weighted by molar-refractivity contribution is 7.13. The average Bonchev–Trinajstić information content (AvgIpc) is 2.86. The van der Waals surface area contributed by atoms with Gasteiger partial charge in [-0.3, -0.25) is 14.5 Å². The predicted octanol–water partition coefficient (Wildman–Crippen LogP) is 1.16. The number of carbonyl (C=O) groups excluding carboxylic acids is 2. The van der Waals surface area contributed by atoms with E-state index < -0.39 is 0 Å². The Kier molecular flexibility index (Phi) is 8.64. The van der Waals surface area contributed by atoms with Crippen molar-refractivity contribution in [2.45, 2.75) is 19.8 Å². The van der Waals surface area contributed by atoms with Crippen LogP contribution >= 0.6 is 11.3 Å². The number of esters is 1. The number of aromatic nitrogens is 1. The number of hydrogen-bond donors (Lipinski definition) is 1. The highest BCUT2D eigenvalue weighted by Crippen LogP contribution is 2.16. The minimum Gasteiger partial charge on any atom is -0.466 e.